The van der Waals surface area contributed by atoms with Crippen molar-refractivity contribution < 1.29 is 4.79 Å². The van der Waals surface area contributed by atoms with Crippen molar-refractivity contribution in [3.8, 4) is 0 Å². The normalized spacial score (nSPS) is 42.2. The van der Waals surface area contributed by atoms with Crippen molar-refractivity contribution in [2.75, 3.05) is 0 Å². The zero-order valence-electron chi connectivity index (χ0n) is 13.9. The summed E-state index contributed by atoms with van der Waals surface area (Å²) in [5, 5.41) is 3.63. The summed E-state index contributed by atoms with van der Waals surface area (Å²) in [7, 11) is 0. The van der Waals surface area contributed by atoms with E-state index in [1.165, 1.54) is 19.3 Å². The Bertz CT molecular complexity index is 357. The highest BCUT2D eigenvalue weighted by Gasteiger charge is 2.50. The monoisotopic (exact) mass is 280 g/mol. The third kappa shape index (κ3) is 2.61. The van der Waals surface area contributed by atoms with Gasteiger partial charge in [0.2, 0.25) is 5.91 Å². The van der Waals surface area contributed by atoms with Gasteiger partial charge in [0.25, 0.3) is 0 Å². The number of amides is 1. The van der Waals surface area contributed by atoms with Crippen LogP contribution in [-0.4, -0.2) is 28.6 Å². The van der Waals surface area contributed by atoms with E-state index in [1.807, 2.05) is 0 Å². The van der Waals surface area contributed by atoms with Gasteiger partial charge >= 0.3 is 0 Å². The second-order valence-corrected chi connectivity index (χ2v) is 7.18. The van der Waals surface area contributed by atoms with Crippen molar-refractivity contribution >= 4 is 5.91 Å². The molecular weight excluding hydrogens is 248 g/mol. The molecule has 0 radical (unpaired) electrons. The first kappa shape index (κ1) is 15.8. The van der Waals surface area contributed by atoms with Crippen LogP contribution in [0.25, 0.3) is 0 Å². The molecule has 116 valence electrons. The number of nitrogens with one attached hydrogen (secondary N) is 1. The van der Waals surface area contributed by atoms with Crippen molar-refractivity contribution in [1.82, 2.24) is 10.2 Å². The van der Waals surface area contributed by atoms with Gasteiger partial charge < -0.3 is 4.90 Å². The predicted octanol–water partition coefficient (Wildman–Crippen LogP) is 3.54. The summed E-state index contributed by atoms with van der Waals surface area (Å²) in [5.41, 5.74) is -0.347. The molecule has 1 aliphatic heterocycles. The minimum Gasteiger partial charge on any atom is -0.322 e. The first-order valence-electron chi connectivity index (χ1n) is 8.55. The van der Waals surface area contributed by atoms with E-state index in [1.54, 1.807) is 0 Å². The Labute approximate surface area is 124 Å². The van der Waals surface area contributed by atoms with E-state index in [0.717, 1.165) is 25.2 Å². The molecule has 5 unspecified atom stereocenters. The fourth-order valence-electron chi connectivity index (χ4n) is 3.99. The number of nitrogens with zero attached hydrogens (tertiary/aromatic N) is 1. The van der Waals surface area contributed by atoms with E-state index in [0.29, 0.717) is 17.9 Å². The van der Waals surface area contributed by atoms with Crippen LogP contribution in [0.4, 0.5) is 0 Å². The van der Waals surface area contributed by atoms with Crippen molar-refractivity contribution in [3.63, 3.8) is 0 Å². The van der Waals surface area contributed by atoms with E-state index in [4.69, 9.17) is 0 Å². The van der Waals surface area contributed by atoms with Crippen LogP contribution in [0.15, 0.2) is 0 Å². The quantitative estimate of drug-likeness (QED) is 0.854. The van der Waals surface area contributed by atoms with Gasteiger partial charge in [0, 0.05) is 6.04 Å². The maximum absolute atomic E-state index is 13.0. The van der Waals surface area contributed by atoms with Gasteiger partial charge in [0.05, 0.1) is 11.7 Å². The summed E-state index contributed by atoms with van der Waals surface area (Å²) < 4.78 is 0. The Morgan fingerprint density at radius 1 is 1.30 bits per heavy atom. The fourth-order valence-corrected chi connectivity index (χ4v) is 3.99. The van der Waals surface area contributed by atoms with Crippen LogP contribution in [0, 0.1) is 11.8 Å². The molecule has 1 N–H and O–H groups in total. The molecule has 0 aromatic heterocycles. The van der Waals surface area contributed by atoms with E-state index >= 15 is 0 Å². The minimum atomic E-state index is -0.347. The van der Waals surface area contributed by atoms with E-state index in [2.05, 4.69) is 44.8 Å². The molecule has 1 amide bonds. The summed E-state index contributed by atoms with van der Waals surface area (Å²) in [6.45, 7) is 11.1. The van der Waals surface area contributed by atoms with Crippen LogP contribution in [0.1, 0.15) is 73.1 Å². The number of carbonyl (C=O) groups excluding carboxylic acids is 1. The predicted molar refractivity (Wildman–Crippen MR) is 83.3 cm³/mol. The molecule has 1 saturated heterocycles. The zero-order valence-corrected chi connectivity index (χ0v) is 13.9. The summed E-state index contributed by atoms with van der Waals surface area (Å²) in [6.07, 6.45) is 7.07. The molecule has 3 nitrogen and oxygen atoms in total. The number of hydrogen-bond donors (Lipinski definition) is 1. The molecule has 0 aromatic carbocycles. The fraction of sp³-hybridized carbons (Fsp3) is 0.941. The SMILES string of the molecule is CCCC1NC(C)(CC)C(=O)N1C1CCCC(C)C1C. The van der Waals surface area contributed by atoms with Gasteiger partial charge in [-0.05, 0) is 38.0 Å². The Hall–Kier alpha value is -0.570. The first-order valence-corrected chi connectivity index (χ1v) is 8.55. The second kappa shape index (κ2) is 6.05. The Morgan fingerprint density at radius 2 is 2.00 bits per heavy atom. The van der Waals surface area contributed by atoms with Gasteiger partial charge in [-0.25, -0.2) is 0 Å². The number of carbonyl (C=O) groups is 1. The number of rotatable bonds is 4. The Morgan fingerprint density at radius 3 is 2.60 bits per heavy atom. The molecule has 2 fully saturated rings. The largest absolute Gasteiger partial charge is 0.322 e. The van der Waals surface area contributed by atoms with Gasteiger partial charge in [0.15, 0.2) is 0 Å². The van der Waals surface area contributed by atoms with Crippen molar-refractivity contribution in [1.29, 1.82) is 0 Å². The Kier molecular flexibility index (Phi) is 4.78. The highest BCUT2D eigenvalue weighted by Crippen LogP contribution is 2.38. The zero-order chi connectivity index (χ0) is 14.9. The topological polar surface area (TPSA) is 32.3 Å². The molecular formula is C17H32N2O. The molecule has 2 rings (SSSR count). The lowest BCUT2D eigenvalue weighted by Gasteiger charge is -2.42. The summed E-state index contributed by atoms with van der Waals surface area (Å²) in [5.74, 6) is 1.69. The van der Waals surface area contributed by atoms with Crippen molar-refractivity contribution in [2.24, 2.45) is 11.8 Å². The average Bonchev–Trinajstić information content (AvgIpc) is 2.67. The lowest BCUT2D eigenvalue weighted by Crippen LogP contribution is -2.50. The molecule has 1 aliphatic carbocycles. The highest BCUT2D eigenvalue weighted by molar-refractivity contribution is 5.88. The van der Waals surface area contributed by atoms with Crippen LogP contribution in [0.3, 0.4) is 0 Å². The summed E-state index contributed by atoms with van der Waals surface area (Å²) >= 11 is 0. The molecule has 1 heterocycles. The van der Waals surface area contributed by atoms with Gasteiger partial charge in [-0.15, -0.1) is 0 Å². The number of hydrogen-bond acceptors (Lipinski definition) is 2. The van der Waals surface area contributed by atoms with Gasteiger partial charge in [-0.3, -0.25) is 10.1 Å². The van der Waals surface area contributed by atoms with Crippen LogP contribution in [0.2, 0.25) is 0 Å². The first-order chi connectivity index (χ1) is 9.44. The molecule has 0 spiro atoms. The van der Waals surface area contributed by atoms with Crippen molar-refractivity contribution in [2.45, 2.75) is 90.9 Å². The molecule has 20 heavy (non-hydrogen) atoms. The van der Waals surface area contributed by atoms with Gasteiger partial charge in [0.1, 0.15) is 0 Å². The van der Waals surface area contributed by atoms with Crippen LogP contribution < -0.4 is 5.32 Å². The molecule has 0 aromatic rings. The van der Waals surface area contributed by atoms with Crippen molar-refractivity contribution in [3.05, 3.63) is 0 Å². The average molecular weight is 280 g/mol. The van der Waals surface area contributed by atoms with E-state index in [-0.39, 0.29) is 11.7 Å². The lowest BCUT2D eigenvalue weighted by molar-refractivity contribution is -0.137. The van der Waals surface area contributed by atoms with Gasteiger partial charge in [-0.1, -0.05) is 47.0 Å². The molecule has 2 aliphatic rings. The van der Waals surface area contributed by atoms with Crippen LogP contribution in [-0.2, 0) is 4.79 Å². The third-order valence-electron chi connectivity index (χ3n) is 5.82. The smallest absolute Gasteiger partial charge is 0.244 e. The molecule has 1 saturated carbocycles. The van der Waals surface area contributed by atoms with E-state index in [9.17, 15) is 4.79 Å². The summed E-state index contributed by atoms with van der Waals surface area (Å²) in [6, 6.07) is 0.434. The minimum absolute atomic E-state index is 0.246. The maximum atomic E-state index is 13.0. The molecule has 5 atom stereocenters. The standard InChI is InChI=1S/C17H32N2O/c1-6-9-15-18-17(5,7-2)16(20)19(15)14-11-8-10-12(3)13(14)4/h12-15,18H,6-11H2,1-5H3. The second-order valence-electron chi connectivity index (χ2n) is 7.18. The van der Waals surface area contributed by atoms with Crippen LogP contribution in [0.5, 0.6) is 0 Å². The maximum Gasteiger partial charge on any atom is 0.244 e. The summed E-state index contributed by atoms with van der Waals surface area (Å²) in [4.78, 5) is 15.2. The lowest BCUT2D eigenvalue weighted by atomic mass is 9.77. The van der Waals surface area contributed by atoms with E-state index < -0.39 is 0 Å². The highest BCUT2D eigenvalue weighted by atomic mass is 16.2. The Balaban J connectivity index is 2.24. The molecule has 0 bridgehead atoms. The third-order valence-corrected chi connectivity index (χ3v) is 5.82. The van der Waals surface area contributed by atoms with Gasteiger partial charge in [-0.2, -0.15) is 0 Å². The van der Waals surface area contributed by atoms with Crippen LogP contribution >= 0.6 is 0 Å². The molecule has 3 heteroatoms.